The van der Waals surface area contributed by atoms with Crippen molar-refractivity contribution in [1.82, 2.24) is 15.0 Å². The first kappa shape index (κ1) is 14.0. The first-order chi connectivity index (χ1) is 11.8. The lowest BCUT2D eigenvalue weighted by atomic mass is 10.1. The molecule has 2 aromatic rings. The summed E-state index contributed by atoms with van der Waals surface area (Å²) in [7, 11) is 0. The van der Waals surface area contributed by atoms with Gasteiger partial charge < -0.3 is 14.2 Å². The minimum absolute atomic E-state index is 0.0338. The highest BCUT2D eigenvalue weighted by Crippen LogP contribution is 2.40. The monoisotopic (exact) mass is 325 g/mol. The van der Waals surface area contributed by atoms with Crippen LogP contribution in [0.2, 0.25) is 0 Å². The van der Waals surface area contributed by atoms with Crippen LogP contribution in [-0.2, 0) is 11.2 Å². The second kappa shape index (κ2) is 5.33. The van der Waals surface area contributed by atoms with Gasteiger partial charge in [-0.1, -0.05) is 23.4 Å². The van der Waals surface area contributed by atoms with E-state index in [1.54, 1.807) is 0 Å². The van der Waals surface area contributed by atoms with Crippen molar-refractivity contribution in [3.8, 4) is 5.75 Å². The molecule has 1 saturated carbocycles. The smallest absolute Gasteiger partial charge is 0.264 e. The van der Waals surface area contributed by atoms with Crippen molar-refractivity contribution in [3.05, 3.63) is 41.5 Å². The summed E-state index contributed by atoms with van der Waals surface area (Å²) >= 11 is 0. The Labute approximate surface area is 139 Å². The quantitative estimate of drug-likeness (QED) is 0.868. The van der Waals surface area contributed by atoms with Crippen LogP contribution in [0, 0.1) is 0 Å². The Hall–Kier alpha value is -2.37. The van der Waals surface area contributed by atoms with E-state index in [0.29, 0.717) is 18.2 Å². The minimum Gasteiger partial charge on any atom is -0.480 e. The molecule has 1 saturated heterocycles. The third-order valence-corrected chi connectivity index (χ3v) is 5.14. The number of ether oxygens (including phenoxy) is 1. The maximum absolute atomic E-state index is 13.0. The van der Waals surface area contributed by atoms with Crippen molar-refractivity contribution in [3.63, 3.8) is 0 Å². The van der Waals surface area contributed by atoms with E-state index in [0.717, 1.165) is 49.4 Å². The van der Waals surface area contributed by atoms with E-state index >= 15 is 0 Å². The van der Waals surface area contributed by atoms with E-state index in [4.69, 9.17) is 9.26 Å². The zero-order valence-electron chi connectivity index (χ0n) is 13.4. The number of hydrogen-bond donors (Lipinski definition) is 0. The summed E-state index contributed by atoms with van der Waals surface area (Å²) in [5.41, 5.74) is 1.10. The summed E-state index contributed by atoms with van der Waals surface area (Å²) in [6.07, 6.45) is 4.31. The topological polar surface area (TPSA) is 68.5 Å². The molecule has 0 radical (unpaired) electrons. The summed E-state index contributed by atoms with van der Waals surface area (Å²) in [5, 5.41) is 4.14. The summed E-state index contributed by atoms with van der Waals surface area (Å²) in [4.78, 5) is 19.4. The van der Waals surface area contributed by atoms with E-state index < -0.39 is 6.10 Å². The molecule has 1 amide bonds. The van der Waals surface area contributed by atoms with Crippen LogP contribution in [0.3, 0.4) is 0 Å². The van der Waals surface area contributed by atoms with E-state index in [-0.39, 0.29) is 11.9 Å². The maximum atomic E-state index is 13.0. The Morgan fingerprint density at radius 3 is 2.92 bits per heavy atom. The Kier molecular flexibility index (Phi) is 3.11. The Balaban J connectivity index is 1.34. The highest BCUT2D eigenvalue weighted by Gasteiger charge is 2.40. The third kappa shape index (κ3) is 2.28. The van der Waals surface area contributed by atoms with Crippen molar-refractivity contribution < 1.29 is 14.1 Å². The molecule has 1 aliphatic carbocycles. The van der Waals surface area contributed by atoms with Gasteiger partial charge in [0, 0.05) is 18.9 Å². The molecule has 124 valence electrons. The van der Waals surface area contributed by atoms with Crippen molar-refractivity contribution in [2.75, 3.05) is 6.54 Å². The molecule has 24 heavy (non-hydrogen) atoms. The fourth-order valence-corrected chi connectivity index (χ4v) is 3.68. The SMILES string of the molecule is O=C([C@@H]1Cc2ccccc2O1)N1CCC[C@H]1c1noc(C2CC2)n1. The molecule has 5 rings (SSSR count). The molecule has 1 aromatic carbocycles. The number of benzene rings is 1. The number of hydrogen-bond acceptors (Lipinski definition) is 5. The lowest BCUT2D eigenvalue weighted by Crippen LogP contribution is -2.41. The molecule has 6 heteroatoms. The van der Waals surface area contributed by atoms with Crippen LogP contribution in [0.4, 0.5) is 0 Å². The molecular weight excluding hydrogens is 306 g/mol. The third-order valence-electron chi connectivity index (χ3n) is 5.14. The molecule has 6 nitrogen and oxygen atoms in total. The van der Waals surface area contributed by atoms with Gasteiger partial charge in [0.15, 0.2) is 11.9 Å². The normalized spacial score (nSPS) is 25.6. The van der Waals surface area contributed by atoms with Crippen molar-refractivity contribution in [1.29, 1.82) is 0 Å². The van der Waals surface area contributed by atoms with Gasteiger partial charge >= 0.3 is 0 Å². The van der Waals surface area contributed by atoms with Gasteiger partial charge in [-0.15, -0.1) is 0 Å². The molecule has 2 aliphatic heterocycles. The van der Waals surface area contributed by atoms with Crippen molar-refractivity contribution in [2.24, 2.45) is 0 Å². The lowest BCUT2D eigenvalue weighted by molar-refractivity contribution is -0.139. The van der Waals surface area contributed by atoms with Crippen LogP contribution in [0.25, 0.3) is 0 Å². The summed E-state index contributed by atoms with van der Waals surface area (Å²) < 4.78 is 11.2. The van der Waals surface area contributed by atoms with Gasteiger partial charge in [0.05, 0.1) is 6.04 Å². The Morgan fingerprint density at radius 1 is 1.21 bits per heavy atom. The molecule has 2 fully saturated rings. The standard InChI is InChI=1S/C18H19N3O3/c22-18(15-10-12-4-1-2-6-14(12)23-15)21-9-3-5-13(21)16-19-17(24-20-16)11-7-8-11/h1-2,4,6,11,13,15H,3,5,7-10H2/t13-,15-/m0/s1. The maximum Gasteiger partial charge on any atom is 0.264 e. The fourth-order valence-electron chi connectivity index (χ4n) is 3.68. The average molecular weight is 325 g/mol. The van der Waals surface area contributed by atoms with Crippen LogP contribution in [-0.4, -0.2) is 33.6 Å². The first-order valence-electron chi connectivity index (χ1n) is 8.68. The van der Waals surface area contributed by atoms with Gasteiger partial charge in [-0.05, 0) is 37.3 Å². The summed E-state index contributed by atoms with van der Waals surface area (Å²) in [5.74, 6) is 2.67. The molecule has 0 unspecified atom stereocenters. The summed E-state index contributed by atoms with van der Waals surface area (Å²) in [6.45, 7) is 0.729. The molecule has 3 heterocycles. The number of carbonyl (C=O) groups excluding carboxylic acids is 1. The largest absolute Gasteiger partial charge is 0.480 e. The van der Waals surface area contributed by atoms with Gasteiger partial charge in [-0.3, -0.25) is 4.79 Å². The lowest BCUT2D eigenvalue weighted by Gasteiger charge is -2.25. The second-order valence-electron chi connectivity index (χ2n) is 6.87. The predicted octanol–water partition coefficient (Wildman–Crippen LogP) is 2.61. The van der Waals surface area contributed by atoms with E-state index in [1.165, 1.54) is 0 Å². The van der Waals surface area contributed by atoms with Gasteiger partial charge in [-0.2, -0.15) is 4.98 Å². The highest BCUT2D eigenvalue weighted by molar-refractivity contribution is 5.83. The van der Waals surface area contributed by atoms with E-state index in [9.17, 15) is 4.79 Å². The van der Waals surface area contributed by atoms with E-state index in [1.807, 2.05) is 29.2 Å². The average Bonchev–Trinajstić information content (AvgIpc) is 3.06. The number of para-hydroxylation sites is 1. The van der Waals surface area contributed by atoms with Gasteiger partial charge in [0.2, 0.25) is 5.89 Å². The zero-order chi connectivity index (χ0) is 16.1. The number of rotatable bonds is 3. The van der Waals surface area contributed by atoms with Crippen molar-refractivity contribution >= 4 is 5.91 Å². The molecule has 2 atom stereocenters. The second-order valence-corrected chi connectivity index (χ2v) is 6.87. The molecule has 0 spiro atoms. The van der Waals surface area contributed by atoms with E-state index in [2.05, 4.69) is 10.1 Å². The molecule has 3 aliphatic rings. The number of fused-ring (bicyclic) bond motifs is 1. The zero-order valence-corrected chi connectivity index (χ0v) is 13.4. The first-order valence-corrected chi connectivity index (χ1v) is 8.68. The van der Waals surface area contributed by atoms with Crippen LogP contribution >= 0.6 is 0 Å². The Bertz CT molecular complexity index is 758. The van der Waals surface area contributed by atoms with Crippen LogP contribution in [0.1, 0.15) is 54.9 Å². The van der Waals surface area contributed by atoms with Crippen molar-refractivity contribution in [2.45, 2.75) is 50.2 Å². The van der Waals surface area contributed by atoms with Gasteiger partial charge in [-0.25, -0.2) is 0 Å². The molecule has 0 bridgehead atoms. The summed E-state index contributed by atoms with van der Waals surface area (Å²) in [6, 6.07) is 7.77. The fraction of sp³-hybridized carbons (Fsp3) is 0.500. The molecule has 0 N–H and O–H groups in total. The number of aromatic nitrogens is 2. The Morgan fingerprint density at radius 2 is 2.08 bits per heavy atom. The van der Waals surface area contributed by atoms with Gasteiger partial charge in [0.25, 0.3) is 5.91 Å². The van der Waals surface area contributed by atoms with Gasteiger partial charge in [0.1, 0.15) is 5.75 Å². The molecule has 1 aromatic heterocycles. The van der Waals surface area contributed by atoms with Crippen LogP contribution in [0.5, 0.6) is 5.75 Å². The minimum atomic E-state index is -0.433. The number of likely N-dealkylation sites (tertiary alicyclic amines) is 1. The predicted molar refractivity (Wildman–Crippen MR) is 84.5 cm³/mol. The highest BCUT2D eigenvalue weighted by atomic mass is 16.5. The number of nitrogens with zero attached hydrogens (tertiary/aromatic N) is 3. The number of amides is 1. The van der Waals surface area contributed by atoms with Crippen LogP contribution in [0.15, 0.2) is 28.8 Å². The number of carbonyl (C=O) groups is 1. The van der Waals surface area contributed by atoms with Crippen LogP contribution < -0.4 is 4.74 Å². The molecular formula is C18H19N3O3.